The van der Waals surface area contributed by atoms with E-state index in [1.54, 1.807) is 27.8 Å². The van der Waals surface area contributed by atoms with Crippen LogP contribution >= 0.6 is 23.1 Å². The van der Waals surface area contributed by atoms with Crippen LogP contribution in [0.25, 0.3) is 5.69 Å². The Labute approximate surface area is 176 Å². The van der Waals surface area contributed by atoms with Gasteiger partial charge >= 0.3 is 0 Å². The van der Waals surface area contributed by atoms with Gasteiger partial charge in [-0.2, -0.15) is 4.68 Å². The molecule has 0 atom stereocenters. The van der Waals surface area contributed by atoms with E-state index < -0.39 is 0 Å². The van der Waals surface area contributed by atoms with Crippen molar-refractivity contribution >= 4 is 34.7 Å². The van der Waals surface area contributed by atoms with Gasteiger partial charge in [0.1, 0.15) is 4.34 Å². The fraction of sp³-hybridized carbons (Fsp3) is 0.150. The van der Waals surface area contributed by atoms with Crippen LogP contribution in [-0.4, -0.2) is 31.1 Å². The number of carbonyl (C=O) groups is 1. The number of aromatic nitrogens is 5. The Morgan fingerprint density at radius 3 is 2.69 bits per heavy atom. The van der Waals surface area contributed by atoms with Gasteiger partial charge in [0.2, 0.25) is 0 Å². The Hall–Kier alpha value is -3.04. The van der Waals surface area contributed by atoms with E-state index in [4.69, 9.17) is 0 Å². The molecule has 0 saturated heterocycles. The Kier molecular flexibility index (Phi) is 5.68. The normalized spacial score (nSPS) is 10.8. The largest absolute Gasteiger partial charge is 0.322 e. The van der Waals surface area contributed by atoms with Crippen molar-refractivity contribution in [2.24, 2.45) is 0 Å². The van der Waals surface area contributed by atoms with Gasteiger partial charge in [-0.1, -0.05) is 30.0 Å². The highest BCUT2D eigenvalue weighted by Crippen LogP contribution is 2.26. The summed E-state index contributed by atoms with van der Waals surface area (Å²) < 4.78 is 2.67. The number of thiazole rings is 1. The summed E-state index contributed by atoms with van der Waals surface area (Å²) in [6.07, 6.45) is 0. The van der Waals surface area contributed by atoms with Crippen LogP contribution in [0.3, 0.4) is 0 Å². The topological polar surface area (TPSA) is 85.6 Å². The fourth-order valence-electron chi connectivity index (χ4n) is 2.69. The van der Waals surface area contributed by atoms with E-state index in [1.807, 2.05) is 67.8 Å². The predicted molar refractivity (Wildman–Crippen MR) is 115 cm³/mol. The van der Waals surface area contributed by atoms with Crippen molar-refractivity contribution in [2.75, 3.05) is 5.32 Å². The molecule has 2 aromatic heterocycles. The van der Waals surface area contributed by atoms with Crippen molar-refractivity contribution in [2.45, 2.75) is 23.9 Å². The number of thioether (sulfide) groups is 1. The molecule has 1 amide bonds. The highest BCUT2D eigenvalue weighted by Gasteiger charge is 2.09. The summed E-state index contributed by atoms with van der Waals surface area (Å²) in [7, 11) is 0. The van der Waals surface area contributed by atoms with E-state index >= 15 is 0 Å². The van der Waals surface area contributed by atoms with Gasteiger partial charge in [-0.05, 0) is 60.2 Å². The lowest BCUT2D eigenvalue weighted by Crippen LogP contribution is -2.12. The molecular weight excluding hydrogens is 404 g/mol. The van der Waals surface area contributed by atoms with Crippen LogP contribution in [0.2, 0.25) is 0 Å². The number of nitrogens with one attached hydrogen (secondary N) is 1. The van der Waals surface area contributed by atoms with Gasteiger partial charge in [0.15, 0.2) is 5.82 Å². The number of anilines is 1. The van der Waals surface area contributed by atoms with E-state index in [1.165, 1.54) is 0 Å². The number of tetrazole rings is 1. The number of aryl methyl sites for hydroxylation is 2. The molecule has 0 saturated carbocycles. The Morgan fingerprint density at radius 1 is 1.17 bits per heavy atom. The van der Waals surface area contributed by atoms with E-state index in [0.717, 1.165) is 27.0 Å². The Morgan fingerprint density at radius 2 is 2.00 bits per heavy atom. The monoisotopic (exact) mass is 422 g/mol. The molecule has 29 heavy (non-hydrogen) atoms. The van der Waals surface area contributed by atoms with Gasteiger partial charge in [-0.25, -0.2) is 4.98 Å². The number of hydrogen-bond acceptors (Lipinski definition) is 7. The van der Waals surface area contributed by atoms with Crippen LogP contribution in [-0.2, 0) is 5.75 Å². The predicted octanol–water partition coefficient (Wildman–Crippen LogP) is 4.28. The molecular formula is C20H18N6OS2. The highest BCUT2D eigenvalue weighted by atomic mass is 32.2. The first-order valence-electron chi connectivity index (χ1n) is 8.89. The van der Waals surface area contributed by atoms with E-state index in [9.17, 15) is 4.79 Å². The summed E-state index contributed by atoms with van der Waals surface area (Å²) in [5.74, 6) is 1.34. The third-order valence-electron chi connectivity index (χ3n) is 4.15. The second-order valence-corrected chi connectivity index (χ2v) is 8.46. The lowest BCUT2D eigenvalue weighted by atomic mass is 10.1. The molecule has 0 fully saturated rings. The molecule has 4 rings (SSSR count). The average molecular weight is 423 g/mol. The smallest absolute Gasteiger partial charge is 0.255 e. The maximum atomic E-state index is 12.6. The van der Waals surface area contributed by atoms with Crippen LogP contribution < -0.4 is 5.32 Å². The summed E-state index contributed by atoms with van der Waals surface area (Å²) in [6, 6.07) is 15.0. The second kappa shape index (κ2) is 8.54. The van der Waals surface area contributed by atoms with Gasteiger partial charge in [-0.3, -0.25) is 4.79 Å². The molecule has 2 aromatic carbocycles. The molecule has 1 N–H and O–H groups in total. The number of nitrogens with zero attached hydrogens (tertiary/aromatic N) is 5. The number of amides is 1. The maximum absolute atomic E-state index is 12.6. The molecule has 0 spiro atoms. The van der Waals surface area contributed by atoms with Crippen molar-refractivity contribution in [1.29, 1.82) is 0 Å². The van der Waals surface area contributed by atoms with Gasteiger partial charge in [0.25, 0.3) is 5.91 Å². The van der Waals surface area contributed by atoms with Crippen LogP contribution in [0.15, 0.2) is 58.3 Å². The lowest BCUT2D eigenvalue weighted by Gasteiger charge is -2.08. The summed E-state index contributed by atoms with van der Waals surface area (Å²) >= 11 is 3.35. The average Bonchev–Trinajstić information content (AvgIpc) is 3.35. The maximum Gasteiger partial charge on any atom is 0.255 e. The minimum Gasteiger partial charge on any atom is -0.322 e. The first-order chi connectivity index (χ1) is 14.1. The quantitative estimate of drug-likeness (QED) is 0.467. The Balaban J connectivity index is 1.40. The van der Waals surface area contributed by atoms with E-state index in [-0.39, 0.29) is 5.91 Å². The zero-order valence-electron chi connectivity index (χ0n) is 15.9. The van der Waals surface area contributed by atoms with E-state index in [2.05, 4.69) is 25.8 Å². The van der Waals surface area contributed by atoms with Crippen LogP contribution in [0.5, 0.6) is 0 Å². The van der Waals surface area contributed by atoms with E-state index in [0.29, 0.717) is 17.1 Å². The molecule has 0 aliphatic carbocycles. The number of rotatable bonds is 6. The number of hydrogen-bond donors (Lipinski definition) is 1. The molecule has 0 radical (unpaired) electrons. The lowest BCUT2D eigenvalue weighted by molar-refractivity contribution is 0.102. The Bertz CT molecular complexity index is 1140. The van der Waals surface area contributed by atoms with Crippen molar-refractivity contribution < 1.29 is 4.79 Å². The molecule has 0 bridgehead atoms. The summed E-state index contributed by atoms with van der Waals surface area (Å²) in [6.45, 7) is 3.81. The summed E-state index contributed by atoms with van der Waals surface area (Å²) in [4.78, 5) is 17.1. The van der Waals surface area contributed by atoms with Gasteiger partial charge < -0.3 is 5.32 Å². The molecule has 0 unspecified atom stereocenters. The molecule has 7 nitrogen and oxygen atoms in total. The number of carbonyl (C=O) groups excluding carboxylic acids is 1. The van der Waals surface area contributed by atoms with Crippen molar-refractivity contribution in [3.05, 3.63) is 76.6 Å². The molecule has 2 heterocycles. The third-order valence-corrected chi connectivity index (χ3v) is 6.36. The summed E-state index contributed by atoms with van der Waals surface area (Å²) in [5, 5.41) is 16.5. The van der Waals surface area contributed by atoms with Crippen LogP contribution in [0, 0.1) is 13.8 Å². The molecule has 0 aliphatic heterocycles. The van der Waals surface area contributed by atoms with Crippen molar-refractivity contribution in [1.82, 2.24) is 25.2 Å². The molecule has 4 aromatic rings. The van der Waals surface area contributed by atoms with Gasteiger partial charge in [0.05, 0.1) is 5.69 Å². The van der Waals surface area contributed by atoms with Crippen molar-refractivity contribution in [3.8, 4) is 5.69 Å². The zero-order valence-corrected chi connectivity index (χ0v) is 17.5. The SMILES string of the molecule is Cc1csc(SCc2ccc(C(=O)Nc3cccc(-n4nnnc4C)c3)cc2)n1. The standard InChI is InChI=1S/C20H18N6OS2/c1-13-11-28-20(21-13)29-12-15-6-8-16(9-7-15)19(27)22-17-4-3-5-18(10-17)26-14(2)23-24-25-26/h3-11H,12H2,1-2H3,(H,22,27). The van der Waals surface area contributed by atoms with Crippen LogP contribution in [0.4, 0.5) is 5.69 Å². The van der Waals surface area contributed by atoms with Crippen molar-refractivity contribution in [3.63, 3.8) is 0 Å². The zero-order chi connectivity index (χ0) is 20.2. The summed E-state index contributed by atoms with van der Waals surface area (Å²) in [5.41, 5.74) is 4.27. The third kappa shape index (κ3) is 4.69. The molecule has 9 heteroatoms. The molecule has 146 valence electrons. The second-order valence-electron chi connectivity index (χ2n) is 6.38. The first kappa shape index (κ1) is 19.3. The first-order valence-corrected chi connectivity index (χ1v) is 10.8. The van der Waals surface area contributed by atoms with Gasteiger partial charge in [-0.15, -0.1) is 16.4 Å². The highest BCUT2D eigenvalue weighted by molar-refractivity contribution is 8.00. The van der Waals surface area contributed by atoms with Crippen LogP contribution in [0.1, 0.15) is 27.4 Å². The van der Waals surface area contributed by atoms with Gasteiger partial charge in [0, 0.05) is 28.1 Å². The minimum absolute atomic E-state index is 0.162. The fourth-order valence-corrected chi connectivity index (χ4v) is 4.49. The number of benzene rings is 2. The minimum atomic E-state index is -0.162. The molecule has 0 aliphatic rings.